The summed E-state index contributed by atoms with van der Waals surface area (Å²) in [5.41, 5.74) is 5.75. The van der Waals surface area contributed by atoms with E-state index in [9.17, 15) is 12.8 Å². The van der Waals surface area contributed by atoms with E-state index in [1.807, 2.05) is 6.92 Å². The number of nitrogens with two attached hydrogens (primary N) is 1. The molecule has 4 nitrogen and oxygen atoms in total. The Balaban J connectivity index is 3.37. The maximum atomic E-state index is 13.9. The second-order valence-electron chi connectivity index (χ2n) is 4.09. The quantitative estimate of drug-likeness (QED) is 0.858. The summed E-state index contributed by atoms with van der Waals surface area (Å²) in [6, 6.07) is 2.25. The topological polar surface area (TPSA) is 63.4 Å². The lowest BCUT2D eigenvalue weighted by Gasteiger charge is -2.23. The molecule has 0 fully saturated rings. The normalized spacial score (nSPS) is 13.9. The molecular formula is C11H16BrFN2O2S. The lowest BCUT2D eigenvalue weighted by Crippen LogP contribution is -2.35. The van der Waals surface area contributed by atoms with E-state index in [0.717, 1.165) is 10.4 Å². The number of sulfonamides is 1. The summed E-state index contributed by atoms with van der Waals surface area (Å²) in [4.78, 5) is -0.405. The lowest BCUT2D eigenvalue weighted by atomic mass is 10.3. The summed E-state index contributed by atoms with van der Waals surface area (Å²) in [7, 11) is -2.45. The molecule has 0 amide bonds. The molecule has 0 aliphatic rings. The molecule has 0 aromatic heterocycles. The van der Waals surface area contributed by atoms with Crippen molar-refractivity contribution in [3.63, 3.8) is 0 Å². The van der Waals surface area contributed by atoms with E-state index in [0.29, 0.717) is 6.42 Å². The highest BCUT2D eigenvalue weighted by Gasteiger charge is 2.28. The van der Waals surface area contributed by atoms with Gasteiger partial charge in [0.1, 0.15) is 4.90 Å². The number of rotatable bonds is 4. The van der Waals surface area contributed by atoms with Crippen LogP contribution < -0.4 is 5.73 Å². The lowest BCUT2D eigenvalue weighted by molar-refractivity contribution is 0.378. The average molecular weight is 339 g/mol. The number of hydrogen-bond acceptors (Lipinski definition) is 3. The zero-order chi connectivity index (χ0) is 14.1. The van der Waals surface area contributed by atoms with Crippen LogP contribution >= 0.6 is 15.9 Å². The Bertz CT molecular complexity index is 548. The fourth-order valence-electron chi connectivity index (χ4n) is 1.42. The summed E-state index contributed by atoms with van der Waals surface area (Å²) >= 11 is 2.95. The largest absolute Gasteiger partial charge is 0.399 e. The summed E-state index contributed by atoms with van der Waals surface area (Å²) in [5.74, 6) is -0.820. The van der Waals surface area contributed by atoms with Crippen LogP contribution in [0.3, 0.4) is 0 Å². The predicted molar refractivity (Wildman–Crippen MR) is 73.2 cm³/mol. The van der Waals surface area contributed by atoms with Gasteiger partial charge >= 0.3 is 0 Å². The molecule has 0 aliphatic carbocycles. The average Bonchev–Trinajstić information content (AvgIpc) is 2.31. The van der Waals surface area contributed by atoms with Crippen LogP contribution in [0.5, 0.6) is 0 Å². The monoisotopic (exact) mass is 338 g/mol. The smallest absolute Gasteiger partial charge is 0.246 e. The fraction of sp³-hybridized carbons (Fsp3) is 0.455. The molecule has 0 spiro atoms. The van der Waals surface area contributed by atoms with Gasteiger partial charge in [0.15, 0.2) is 5.82 Å². The number of anilines is 1. The molecule has 1 unspecified atom stereocenters. The van der Waals surface area contributed by atoms with Crippen LogP contribution in [-0.2, 0) is 10.0 Å². The van der Waals surface area contributed by atoms with Gasteiger partial charge in [0, 0.05) is 18.8 Å². The first-order valence-electron chi connectivity index (χ1n) is 5.44. The van der Waals surface area contributed by atoms with Crippen molar-refractivity contribution in [1.29, 1.82) is 0 Å². The van der Waals surface area contributed by atoms with E-state index in [2.05, 4.69) is 15.9 Å². The molecule has 0 radical (unpaired) electrons. The van der Waals surface area contributed by atoms with Gasteiger partial charge in [-0.05, 0) is 41.4 Å². The van der Waals surface area contributed by atoms with E-state index in [4.69, 9.17) is 5.73 Å². The van der Waals surface area contributed by atoms with Crippen LogP contribution in [0.25, 0.3) is 0 Å². The Labute approximate surface area is 115 Å². The zero-order valence-corrected chi connectivity index (χ0v) is 12.8. The van der Waals surface area contributed by atoms with Gasteiger partial charge in [0.25, 0.3) is 0 Å². The van der Waals surface area contributed by atoms with E-state index in [1.165, 1.54) is 13.1 Å². The summed E-state index contributed by atoms with van der Waals surface area (Å²) in [6.45, 7) is 3.62. The zero-order valence-electron chi connectivity index (χ0n) is 10.4. The van der Waals surface area contributed by atoms with Gasteiger partial charge in [-0.2, -0.15) is 4.31 Å². The van der Waals surface area contributed by atoms with Gasteiger partial charge in [-0.25, -0.2) is 12.8 Å². The van der Waals surface area contributed by atoms with E-state index in [1.54, 1.807) is 6.92 Å². The molecule has 0 saturated heterocycles. The van der Waals surface area contributed by atoms with Crippen LogP contribution in [0.1, 0.15) is 20.3 Å². The molecule has 1 aromatic carbocycles. The van der Waals surface area contributed by atoms with Gasteiger partial charge in [0.2, 0.25) is 10.0 Å². The minimum atomic E-state index is -3.88. The molecule has 102 valence electrons. The van der Waals surface area contributed by atoms with Crippen LogP contribution in [0.4, 0.5) is 10.1 Å². The second-order valence-corrected chi connectivity index (χ2v) is 6.91. The maximum absolute atomic E-state index is 13.9. The standard InChI is InChI=1S/C11H16BrFN2O2S/c1-4-7(2)15(3)18(16,17)10-6-8(14)5-9(12)11(10)13/h5-7H,4,14H2,1-3H3. The van der Waals surface area contributed by atoms with Gasteiger partial charge in [0.05, 0.1) is 4.47 Å². The third-order valence-corrected chi connectivity index (χ3v) is 5.43. The third-order valence-electron chi connectivity index (χ3n) is 2.89. The van der Waals surface area contributed by atoms with Crippen molar-refractivity contribution in [3.8, 4) is 0 Å². The molecule has 0 aliphatic heterocycles. The van der Waals surface area contributed by atoms with Crippen molar-refractivity contribution in [3.05, 3.63) is 22.4 Å². The van der Waals surface area contributed by atoms with Crippen molar-refractivity contribution in [2.24, 2.45) is 0 Å². The summed E-state index contributed by atoms with van der Waals surface area (Å²) in [6.07, 6.45) is 0.640. The number of halogens is 2. The van der Waals surface area contributed by atoms with Crippen molar-refractivity contribution < 1.29 is 12.8 Å². The molecule has 1 atom stereocenters. The second kappa shape index (κ2) is 5.54. The van der Waals surface area contributed by atoms with Gasteiger partial charge in [-0.15, -0.1) is 0 Å². The van der Waals surface area contributed by atoms with E-state index in [-0.39, 0.29) is 16.2 Å². The van der Waals surface area contributed by atoms with Gasteiger partial charge < -0.3 is 5.73 Å². The molecule has 18 heavy (non-hydrogen) atoms. The van der Waals surface area contributed by atoms with Crippen molar-refractivity contribution in [2.45, 2.75) is 31.2 Å². The maximum Gasteiger partial charge on any atom is 0.246 e. The number of nitrogens with zero attached hydrogens (tertiary/aromatic N) is 1. The van der Waals surface area contributed by atoms with Gasteiger partial charge in [-0.1, -0.05) is 6.92 Å². The molecular weight excluding hydrogens is 323 g/mol. The Morgan fingerprint density at radius 1 is 1.50 bits per heavy atom. The molecule has 2 N–H and O–H groups in total. The molecule has 0 saturated carbocycles. The third kappa shape index (κ3) is 2.84. The van der Waals surface area contributed by atoms with E-state index >= 15 is 0 Å². The first-order chi connectivity index (χ1) is 8.21. The van der Waals surface area contributed by atoms with Crippen LogP contribution in [0, 0.1) is 5.82 Å². The Hall–Kier alpha value is -0.660. The van der Waals surface area contributed by atoms with E-state index < -0.39 is 20.7 Å². The van der Waals surface area contributed by atoms with Crippen molar-refractivity contribution >= 4 is 31.6 Å². The molecule has 1 rings (SSSR count). The Morgan fingerprint density at radius 2 is 2.06 bits per heavy atom. The van der Waals surface area contributed by atoms with Gasteiger partial charge in [-0.3, -0.25) is 0 Å². The Morgan fingerprint density at radius 3 is 2.56 bits per heavy atom. The number of nitrogen functional groups attached to an aromatic ring is 1. The first kappa shape index (κ1) is 15.4. The van der Waals surface area contributed by atoms with Crippen LogP contribution in [0.15, 0.2) is 21.5 Å². The molecule has 0 bridgehead atoms. The summed E-state index contributed by atoms with van der Waals surface area (Å²) < 4.78 is 39.6. The predicted octanol–water partition coefficient (Wildman–Crippen LogP) is 2.59. The minimum absolute atomic E-state index is 0.0404. The summed E-state index contributed by atoms with van der Waals surface area (Å²) in [5, 5.41) is 0. The number of benzene rings is 1. The highest BCUT2D eigenvalue weighted by atomic mass is 79.9. The van der Waals surface area contributed by atoms with Crippen LogP contribution in [0.2, 0.25) is 0 Å². The van der Waals surface area contributed by atoms with Crippen molar-refractivity contribution in [2.75, 3.05) is 12.8 Å². The molecule has 7 heteroatoms. The number of hydrogen-bond donors (Lipinski definition) is 1. The fourth-order valence-corrected chi connectivity index (χ4v) is 3.58. The SMILES string of the molecule is CCC(C)N(C)S(=O)(=O)c1cc(N)cc(Br)c1F. The highest BCUT2D eigenvalue weighted by Crippen LogP contribution is 2.28. The first-order valence-corrected chi connectivity index (χ1v) is 7.67. The van der Waals surface area contributed by atoms with Crippen LogP contribution in [-0.4, -0.2) is 25.8 Å². The molecule has 1 aromatic rings. The highest BCUT2D eigenvalue weighted by molar-refractivity contribution is 9.10. The van der Waals surface area contributed by atoms with Crippen molar-refractivity contribution in [1.82, 2.24) is 4.31 Å². The molecule has 0 heterocycles. The minimum Gasteiger partial charge on any atom is -0.399 e. The Kier molecular flexibility index (Phi) is 4.74.